The van der Waals surface area contributed by atoms with E-state index < -0.39 is 17.3 Å². The number of hydrogen-bond acceptors (Lipinski definition) is 6. The number of aromatic hydroxyl groups is 1. The van der Waals surface area contributed by atoms with Crippen LogP contribution in [0, 0.1) is 18.3 Å². The minimum absolute atomic E-state index is 0.00879. The van der Waals surface area contributed by atoms with E-state index in [9.17, 15) is 24.9 Å². The molecule has 0 aromatic carbocycles. The quantitative estimate of drug-likeness (QED) is 0.683. The Labute approximate surface area is 145 Å². The van der Waals surface area contributed by atoms with Crippen LogP contribution in [0.1, 0.15) is 23.7 Å². The second kappa shape index (κ2) is 6.27. The molecule has 0 radical (unpaired) electrons. The second-order valence-electron chi connectivity index (χ2n) is 6.89. The van der Waals surface area contributed by atoms with E-state index in [0.717, 1.165) is 0 Å². The van der Waals surface area contributed by atoms with E-state index in [4.69, 9.17) is 0 Å². The molecule has 0 spiro atoms. The van der Waals surface area contributed by atoms with Gasteiger partial charge in [0.05, 0.1) is 18.2 Å². The van der Waals surface area contributed by atoms with E-state index in [2.05, 4.69) is 4.98 Å². The van der Waals surface area contributed by atoms with Crippen molar-refractivity contribution in [2.75, 3.05) is 26.2 Å². The van der Waals surface area contributed by atoms with Crippen LogP contribution >= 0.6 is 0 Å². The molecule has 0 aliphatic carbocycles. The van der Waals surface area contributed by atoms with E-state index in [0.29, 0.717) is 29.9 Å². The van der Waals surface area contributed by atoms with Crippen LogP contribution in [-0.2, 0) is 22.7 Å². The lowest BCUT2D eigenvalue weighted by atomic mass is 9.81. The Morgan fingerprint density at radius 1 is 1.44 bits per heavy atom. The molecule has 2 fully saturated rings. The number of hydrogen-bond donors (Lipinski definition) is 3. The number of fused-ring (bicyclic) bond motifs is 1. The number of aromatic nitrogens is 1. The van der Waals surface area contributed by atoms with Gasteiger partial charge in [-0.05, 0) is 13.8 Å². The highest BCUT2D eigenvalue weighted by Gasteiger charge is 2.61. The minimum Gasteiger partial charge on any atom is -0.506 e. The number of rotatable bonds is 5. The van der Waals surface area contributed by atoms with Crippen molar-refractivity contribution in [3.63, 3.8) is 0 Å². The molecule has 2 saturated heterocycles. The molecule has 2 aliphatic heterocycles. The highest BCUT2D eigenvalue weighted by atomic mass is 16.4. The third kappa shape index (κ3) is 2.65. The molecule has 2 aliphatic rings. The summed E-state index contributed by atoms with van der Waals surface area (Å²) in [4.78, 5) is 32.0. The fourth-order valence-corrected chi connectivity index (χ4v) is 4.01. The maximum Gasteiger partial charge on any atom is 0.313 e. The predicted octanol–water partition coefficient (Wildman–Crippen LogP) is -0.0472. The van der Waals surface area contributed by atoms with E-state index >= 15 is 0 Å². The lowest BCUT2D eigenvalue weighted by Crippen LogP contribution is -2.40. The fraction of sp³-hybridized carbons (Fsp3) is 0.588. The van der Waals surface area contributed by atoms with Crippen molar-refractivity contribution < 1.29 is 24.9 Å². The summed E-state index contributed by atoms with van der Waals surface area (Å²) >= 11 is 0. The first-order chi connectivity index (χ1) is 11.8. The molecular weight excluding hydrogens is 326 g/mol. The van der Waals surface area contributed by atoms with Crippen LogP contribution in [0.15, 0.2) is 6.20 Å². The summed E-state index contributed by atoms with van der Waals surface area (Å²) in [6.07, 6.45) is 1.51. The number of carboxylic acids is 1. The molecule has 1 aromatic heterocycles. The first-order valence-corrected chi connectivity index (χ1v) is 8.35. The molecule has 0 bridgehead atoms. The Kier molecular flexibility index (Phi) is 4.42. The number of aliphatic carboxylic acids is 1. The zero-order chi connectivity index (χ0) is 18.4. The standard InChI is InChI=1S/C17H23N3O5/c1-3-20-9-17(16(24)25)8-19(6-13(17)15(20)23)5-12-11(7-21)4-18-10(2)14(12)22/h4,13,21-22H,3,5-9H2,1-2H3,(H,24,25)/t13-,17-/m1/s1. The van der Waals surface area contributed by atoms with Gasteiger partial charge in [0.1, 0.15) is 11.2 Å². The molecule has 1 amide bonds. The van der Waals surface area contributed by atoms with Gasteiger partial charge in [-0.1, -0.05) is 0 Å². The van der Waals surface area contributed by atoms with Gasteiger partial charge in [0.25, 0.3) is 0 Å². The normalized spacial score (nSPS) is 26.3. The Balaban J connectivity index is 1.88. The molecule has 25 heavy (non-hydrogen) atoms. The maximum absolute atomic E-state index is 12.5. The summed E-state index contributed by atoms with van der Waals surface area (Å²) in [7, 11) is 0. The SMILES string of the molecule is CCN1C[C@]2(C(=O)O)CN(Cc3c(CO)cnc(C)c3O)C[C@@H]2C1=O. The number of nitrogens with zero attached hydrogens (tertiary/aromatic N) is 3. The van der Waals surface area contributed by atoms with E-state index in [1.807, 2.05) is 11.8 Å². The Morgan fingerprint density at radius 2 is 2.16 bits per heavy atom. The van der Waals surface area contributed by atoms with Gasteiger partial charge in [-0.2, -0.15) is 0 Å². The number of amides is 1. The summed E-state index contributed by atoms with van der Waals surface area (Å²) < 4.78 is 0. The van der Waals surface area contributed by atoms with Crippen LogP contribution in [0.2, 0.25) is 0 Å². The third-order valence-electron chi connectivity index (χ3n) is 5.49. The number of carbonyl (C=O) groups excluding carboxylic acids is 1. The molecule has 0 unspecified atom stereocenters. The van der Waals surface area contributed by atoms with Crippen molar-refractivity contribution in [1.82, 2.24) is 14.8 Å². The fourth-order valence-electron chi connectivity index (χ4n) is 4.01. The van der Waals surface area contributed by atoms with Gasteiger partial charge in [-0.25, -0.2) is 0 Å². The third-order valence-corrected chi connectivity index (χ3v) is 5.49. The topological polar surface area (TPSA) is 114 Å². The smallest absolute Gasteiger partial charge is 0.313 e. The molecule has 3 rings (SSSR count). The molecule has 0 saturated carbocycles. The zero-order valence-electron chi connectivity index (χ0n) is 14.4. The molecular formula is C17H23N3O5. The van der Waals surface area contributed by atoms with Crippen LogP contribution in [0.25, 0.3) is 0 Å². The highest BCUT2D eigenvalue weighted by molar-refractivity contribution is 5.92. The molecule has 8 nitrogen and oxygen atoms in total. The second-order valence-corrected chi connectivity index (χ2v) is 6.89. The van der Waals surface area contributed by atoms with E-state index in [1.54, 1.807) is 11.8 Å². The number of aryl methyl sites for hydroxylation is 1. The number of aliphatic hydroxyl groups excluding tert-OH is 1. The largest absolute Gasteiger partial charge is 0.506 e. The van der Waals surface area contributed by atoms with Crippen molar-refractivity contribution in [2.24, 2.45) is 11.3 Å². The summed E-state index contributed by atoms with van der Waals surface area (Å²) in [5.41, 5.74) is 0.388. The van der Waals surface area contributed by atoms with Crippen LogP contribution in [-0.4, -0.2) is 68.2 Å². The van der Waals surface area contributed by atoms with Crippen molar-refractivity contribution >= 4 is 11.9 Å². The monoisotopic (exact) mass is 349 g/mol. The zero-order valence-corrected chi connectivity index (χ0v) is 14.4. The van der Waals surface area contributed by atoms with Gasteiger partial charge in [0, 0.05) is 50.0 Å². The van der Waals surface area contributed by atoms with E-state index in [1.165, 1.54) is 6.20 Å². The van der Waals surface area contributed by atoms with Crippen molar-refractivity contribution in [2.45, 2.75) is 27.0 Å². The van der Waals surface area contributed by atoms with Crippen LogP contribution in [0.5, 0.6) is 5.75 Å². The lowest BCUT2D eigenvalue weighted by Gasteiger charge is -2.25. The minimum atomic E-state index is -1.11. The van der Waals surface area contributed by atoms with Crippen molar-refractivity contribution in [3.8, 4) is 5.75 Å². The number of aliphatic hydroxyl groups is 1. The number of pyridine rings is 1. The molecule has 2 atom stereocenters. The number of carboxylic acid groups (broad SMARTS) is 1. The summed E-state index contributed by atoms with van der Waals surface area (Å²) in [5.74, 6) is -1.64. The Bertz CT molecular complexity index is 722. The van der Waals surface area contributed by atoms with Gasteiger partial charge >= 0.3 is 5.97 Å². The van der Waals surface area contributed by atoms with Gasteiger partial charge in [-0.15, -0.1) is 0 Å². The maximum atomic E-state index is 12.5. The van der Waals surface area contributed by atoms with Crippen LogP contribution in [0.3, 0.4) is 0 Å². The summed E-state index contributed by atoms with van der Waals surface area (Å²) in [6.45, 7) is 4.80. The summed E-state index contributed by atoms with van der Waals surface area (Å²) in [5, 5.41) is 29.6. The average Bonchev–Trinajstić information content (AvgIpc) is 3.07. The highest BCUT2D eigenvalue weighted by Crippen LogP contribution is 2.44. The lowest BCUT2D eigenvalue weighted by molar-refractivity contribution is -0.149. The van der Waals surface area contributed by atoms with E-state index in [-0.39, 0.29) is 37.9 Å². The molecule has 136 valence electrons. The first-order valence-electron chi connectivity index (χ1n) is 8.35. The Hall–Kier alpha value is -2.19. The van der Waals surface area contributed by atoms with Gasteiger partial charge in [0.15, 0.2) is 0 Å². The number of likely N-dealkylation sites (tertiary alicyclic amines) is 2. The van der Waals surface area contributed by atoms with Crippen LogP contribution < -0.4 is 0 Å². The molecule has 3 heterocycles. The number of carbonyl (C=O) groups is 2. The molecule has 1 aromatic rings. The van der Waals surface area contributed by atoms with Gasteiger partial charge < -0.3 is 20.2 Å². The first kappa shape index (κ1) is 17.6. The van der Waals surface area contributed by atoms with Gasteiger partial charge in [0.2, 0.25) is 5.91 Å². The van der Waals surface area contributed by atoms with Crippen molar-refractivity contribution in [3.05, 3.63) is 23.0 Å². The average molecular weight is 349 g/mol. The Morgan fingerprint density at radius 3 is 2.72 bits per heavy atom. The van der Waals surface area contributed by atoms with Crippen LogP contribution in [0.4, 0.5) is 0 Å². The molecule has 8 heteroatoms. The van der Waals surface area contributed by atoms with Crippen molar-refractivity contribution in [1.29, 1.82) is 0 Å². The van der Waals surface area contributed by atoms with Gasteiger partial charge in [-0.3, -0.25) is 19.5 Å². The summed E-state index contributed by atoms with van der Waals surface area (Å²) in [6, 6.07) is 0. The predicted molar refractivity (Wildman–Crippen MR) is 87.7 cm³/mol. The molecule has 3 N–H and O–H groups in total.